The first kappa shape index (κ1) is 19.5. The molecule has 2 aromatic rings. The molecule has 5 N–H and O–H groups in total. The number of aliphatic hydroxyl groups is 1. The van der Waals surface area contributed by atoms with Gasteiger partial charge in [0.05, 0.1) is 6.61 Å². The SMILES string of the molecule is N=C(N)c1ccc(NC(=O)C(O)[C@H]2OCCN(c3cccc(F)c3)C2=O)cc1. The van der Waals surface area contributed by atoms with Crippen molar-refractivity contribution in [3.05, 3.63) is 59.9 Å². The van der Waals surface area contributed by atoms with Gasteiger partial charge in [0, 0.05) is 23.5 Å². The average Bonchev–Trinajstić information content (AvgIpc) is 2.68. The van der Waals surface area contributed by atoms with Crippen molar-refractivity contribution in [3.8, 4) is 0 Å². The van der Waals surface area contributed by atoms with Crippen molar-refractivity contribution in [1.29, 1.82) is 5.41 Å². The smallest absolute Gasteiger partial charge is 0.259 e. The summed E-state index contributed by atoms with van der Waals surface area (Å²) in [5, 5.41) is 20.1. The molecule has 0 saturated carbocycles. The fourth-order valence-corrected chi connectivity index (χ4v) is 2.82. The fraction of sp³-hybridized carbons (Fsp3) is 0.211. The Morgan fingerprint density at radius 3 is 2.68 bits per heavy atom. The summed E-state index contributed by atoms with van der Waals surface area (Å²) in [6.07, 6.45) is -3.16. The maximum atomic E-state index is 13.4. The molecule has 146 valence electrons. The van der Waals surface area contributed by atoms with Crippen LogP contribution in [0.25, 0.3) is 0 Å². The first-order chi connectivity index (χ1) is 13.4. The third-order valence-corrected chi connectivity index (χ3v) is 4.26. The second kappa shape index (κ2) is 8.15. The van der Waals surface area contributed by atoms with Gasteiger partial charge in [-0.3, -0.25) is 15.0 Å². The maximum absolute atomic E-state index is 13.4. The van der Waals surface area contributed by atoms with Gasteiger partial charge < -0.3 is 25.8 Å². The van der Waals surface area contributed by atoms with E-state index in [4.69, 9.17) is 15.9 Å². The van der Waals surface area contributed by atoms with Crippen LogP contribution >= 0.6 is 0 Å². The number of carbonyl (C=O) groups is 2. The quantitative estimate of drug-likeness (QED) is 0.447. The van der Waals surface area contributed by atoms with Crippen molar-refractivity contribution in [1.82, 2.24) is 0 Å². The first-order valence-electron chi connectivity index (χ1n) is 8.49. The van der Waals surface area contributed by atoms with E-state index in [2.05, 4.69) is 5.32 Å². The molecule has 0 aliphatic carbocycles. The summed E-state index contributed by atoms with van der Waals surface area (Å²) in [5.41, 5.74) is 6.54. The first-order valence-corrected chi connectivity index (χ1v) is 8.49. The van der Waals surface area contributed by atoms with Gasteiger partial charge in [0.2, 0.25) is 0 Å². The average molecular weight is 386 g/mol. The van der Waals surface area contributed by atoms with Crippen LogP contribution in [0.3, 0.4) is 0 Å². The number of hydrogen-bond acceptors (Lipinski definition) is 5. The zero-order valence-corrected chi connectivity index (χ0v) is 14.8. The van der Waals surface area contributed by atoms with Gasteiger partial charge in [-0.2, -0.15) is 0 Å². The summed E-state index contributed by atoms with van der Waals surface area (Å²) in [4.78, 5) is 26.3. The number of halogens is 1. The van der Waals surface area contributed by atoms with E-state index in [0.29, 0.717) is 16.9 Å². The van der Waals surface area contributed by atoms with Crippen LogP contribution in [0.5, 0.6) is 0 Å². The number of nitrogens with zero attached hydrogens (tertiary/aromatic N) is 1. The van der Waals surface area contributed by atoms with E-state index in [1.54, 1.807) is 6.07 Å². The summed E-state index contributed by atoms with van der Waals surface area (Å²) >= 11 is 0. The second-order valence-electron chi connectivity index (χ2n) is 6.19. The normalized spacial score (nSPS) is 17.9. The van der Waals surface area contributed by atoms with Crippen molar-refractivity contribution >= 4 is 29.0 Å². The molecular formula is C19H19FN4O4. The minimum Gasteiger partial charge on any atom is -0.384 e. The van der Waals surface area contributed by atoms with E-state index in [-0.39, 0.29) is 19.0 Å². The third-order valence-electron chi connectivity index (χ3n) is 4.26. The van der Waals surface area contributed by atoms with Crippen molar-refractivity contribution in [2.24, 2.45) is 5.73 Å². The molecule has 1 aliphatic heterocycles. The van der Waals surface area contributed by atoms with Gasteiger partial charge in [0.15, 0.2) is 12.2 Å². The molecule has 0 spiro atoms. The molecular weight excluding hydrogens is 367 g/mol. The van der Waals surface area contributed by atoms with Crippen LogP contribution in [0.15, 0.2) is 48.5 Å². The Labute approximate surface area is 160 Å². The molecule has 0 bridgehead atoms. The lowest BCUT2D eigenvalue weighted by Gasteiger charge is -2.34. The van der Waals surface area contributed by atoms with Crippen LogP contribution in [0.1, 0.15) is 5.56 Å². The lowest BCUT2D eigenvalue weighted by Crippen LogP contribution is -2.55. The number of nitrogens with one attached hydrogen (secondary N) is 2. The minimum atomic E-state index is -1.75. The monoisotopic (exact) mass is 386 g/mol. The third kappa shape index (κ3) is 4.16. The number of morpholine rings is 1. The lowest BCUT2D eigenvalue weighted by atomic mass is 10.1. The largest absolute Gasteiger partial charge is 0.384 e. The molecule has 1 saturated heterocycles. The predicted octanol–water partition coefficient (Wildman–Crippen LogP) is 0.841. The number of nitrogen functional groups attached to an aromatic ring is 1. The van der Waals surface area contributed by atoms with Crippen LogP contribution in [-0.4, -0.2) is 48.1 Å². The number of amidine groups is 1. The van der Waals surface area contributed by atoms with Gasteiger partial charge in [-0.15, -0.1) is 0 Å². The van der Waals surface area contributed by atoms with E-state index in [9.17, 15) is 19.1 Å². The maximum Gasteiger partial charge on any atom is 0.259 e. The highest BCUT2D eigenvalue weighted by molar-refractivity contribution is 6.04. The molecule has 1 heterocycles. The van der Waals surface area contributed by atoms with Crippen LogP contribution in [0.2, 0.25) is 0 Å². The van der Waals surface area contributed by atoms with Gasteiger partial charge in [0.25, 0.3) is 11.8 Å². The van der Waals surface area contributed by atoms with Crippen molar-refractivity contribution < 1.29 is 23.8 Å². The number of aliphatic hydroxyl groups excluding tert-OH is 1. The van der Waals surface area contributed by atoms with Gasteiger partial charge in [-0.25, -0.2) is 4.39 Å². The highest BCUT2D eigenvalue weighted by Crippen LogP contribution is 2.21. The fourth-order valence-electron chi connectivity index (χ4n) is 2.82. The van der Waals surface area contributed by atoms with Crippen molar-refractivity contribution in [2.75, 3.05) is 23.4 Å². The van der Waals surface area contributed by atoms with Gasteiger partial charge in [-0.05, 0) is 42.5 Å². The molecule has 3 rings (SSSR count). The Kier molecular flexibility index (Phi) is 5.67. The Hall–Kier alpha value is -3.30. The summed E-state index contributed by atoms with van der Waals surface area (Å²) in [6.45, 7) is 0.268. The van der Waals surface area contributed by atoms with Crippen molar-refractivity contribution in [3.63, 3.8) is 0 Å². The number of anilines is 2. The zero-order chi connectivity index (χ0) is 20.3. The molecule has 1 unspecified atom stereocenters. The Morgan fingerprint density at radius 1 is 1.32 bits per heavy atom. The molecule has 28 heavy (non-hydrogen) atoms. The predicted molar refractivity (Wildman–Crippen MR) is 101 cm³/mol. The van der Waals surface area contributed by atoms with Gasteiger partial charge >= 0.3 is 0 Å². The zero-order valence-electron chi connectivity index (χ0n) is 14.8. The molecule has 2 amide bonds. The number of rotatable bonds is 5. The number of ether oxygens (including phenoxy) is 1. The molecule has 2 aromatic carbocycles. The van der Waals surface area contributed by atoms with E-state index in [0.717, 1.165) is 0 Å². The highest BCUT2D eigenvalue weighted by Gasteiger charge is 2.39. The Balaban J connectivity index is 1.70. The molecule has 2 atom stereocenters. The molecule has 0 aromatic heterocycles. The van der Waals surface area contributed by atoms with E-state index in [1.807, 2.05) is 0 Å². The number of hydrogen-bond donors (Lipinski definition) is 4. The van der Waals surface area contributed by atoms with Crippen LogP contribution in [0, 0.1) is 11.2 Å². The molecule has 8 nitrogen and oxygen atoms in total. The summed E-state index contributed by atoms with van der Waals surface area (Å²) in [6, 6.07) is 11.6. The Morgan fingerprint density at radius 2 is 2.04 bits per heavy atom. The van der Waals surface area contributed by atoms with Gasteiger partial charge in [-0.1, -0.05) is 6.07 Å². The molecule has 9 heteroatoms. The summed E-state index contributed by atoms with van der Waals surface area (Å²) < 4.78 is 18.8. The topological polar surface area (TPSA) is 129 Å². The number of amides is 2. The minimum absolute atomic E-state index is 0.0879. The second-order valence-corrected chi connectivity index (χ2v) is 6.19. The summed E-state index contributed by atoms with van der Waals surface area (Å²) in [7, 11) is 0. The van der Waals surface area contributed by atoms with E-state index >= 15 is 0 Å². The standard InChI is InChI=1S/C19H19FN4O4/c20-12-2-1-3-14(10-12)24-8-9-28-16(19(24)27)15(25)18(26)23-13-6-4-11(5-7-13)17(21)22/h1-7,10,15-16,25H,8-9H2,(H3,21,22)(H,23,26)/t15?,16-/m1/s1. The van der Waals surface area contributed by atoms with Gasteiger partial charge in [0.1, 0.15) is 11.7 Å². The van der Waals surface area contributed by atoms with E-state index < -0.39 is 29.8 Å². The molecule has 1 fully saturated rings. The molecule has 0 radical (unpaired) electrons. The highest BCUT2D eigenvalue weighted by atomic mass is 19.1. The van der Waals surface area contributed by atoms with Crippen LogP contribution in [0.4, 0.5) is 15.8 Å². The summed E-state index contributed by atoms with van der Waals surface area (Å²) in [5.74, 6) is -2.07. The van der Waals surface area contributed by atoms with Crippen LogP contribution < -0.4 is 16.0 Å². The van der Waals surface area contributed by atoms with Crippen LogP contribution in [-0.2, 0) is 14.3 Å². The van der Waals surface area contributed by atoms with Crippen molar-refractivity contribution in [2.45, 2.75) is 12.2 Å². The molecule has 1 aliphatic rings. The lowest BCUT2D eigenvalue weighted by molar-refractivity contribution is -0.150. The number of carbonyl (C=O) groups excluding carboxylic acids is 2. The Bertz CT molecular complexity index is 903. The van der Waals surface area contributed by atoms with E-state index in [1.165, 1.54) is 47.4 Å². The number of nitrogens with two attached hydrogens (primary N) is 1. The number of benzene rings is 2.